The average molecular weight is 530 g/mol. The van der Waals surface area contributed by atoms with Gasteiger partial charge in [0.25, 0.3) is 0 Å². The van der Waals surface area contributed by atoms with Crippen molar-refractivity contribution in [2.75, 3.05) is 19.8 Å². The predicted molar refractivity (Wildman–Crippen MR) is 138 cm³/mol. The highest BCUT2D eigenvalue weighted by molar-refractivity contribution is 6.32. The number of nitrogens with zero attached hydrogens (tertiary/aromatic N) is 1. The summed E-state index contributed by atoms with van der Waals surface area (Å²) in [6.45, 7) is 0. The number of fused-ring (bicyclic) bond motifs is 3. The van der Waals surface area contributed by atoms with Crippen molar-refractivity contribution in [3.8, 4) is 17.6 Å². The minimum Gasteiger partial charge on any atom is -0.507 e. The number of amides is 1. The van der Waals surface area contributed by atoms with Crippen LogP contribution in [0.1, 0.15) is 33.5 Å². The molecule has 6 atom stereocenters. The Morgan fingerprint density at radius 1 is 1.03 bits per heavy atom. The van der Waals surface area contributed by atoms with Gasteiger partial charge in [0, 0.05) is 22.7 Å². The van der Waals surface area contributed by atoms with Gasteiger partial charge in [-0.1, -0.05) is 11.8 Å². The molecule has 2 fully saturated rings. The average Bonchev–Trinajstić information content (AvgIpc) is 2.86. The molecule has 6 N–H and O–H groups in total. The van der Waals surface area contributed by atoms with E-state index in [1.807, 2.05) is 0 Å². The van der Waals surface area contributed by atoms with E-state index in [1.165, 1.54) is 25.1 Å². The highest BCUT2D eigenvalue weighted by atomic mass is 16.3. The highest BCUT2D eigenvalue weighted by Crippen LogP contribution is 2.50. The topological polar surface area (TPSA) is 181 Å². The lowest BCUT2D eigenvalue weighted by atomic mass is 9.52. The molecule has 0 aliphatic heterocycles. The highest BCUT2D eigenvalue weighted by Gasteiger charge is 2.69. The van der Waals surface area contributed by atoms with Crippen LogP contribution in [0.5, 0.6) is 5.75 Å². The Balaban J connectivity index is 1.61. The second kappa shape index (κ2) is 9.15. The molecule has 5 rings (SSSR count). The van der Waals surface area contributed by atoms with E-state index in [4.69, 9.17) is 11.5 Å². The number of anilines is 1. The molecular formula is C29H27N3O7. The second-order valence-corrected chi connectivity index (χ2v) is 10.6. The summed E-state index contributed by atoms with van der Waals surface area (Å²) in [7, 11) is 3.08. The molecule has 0 radical (unpaired) electrons. The molecule has 0 heterocycles. The predicted octanol–water partition coefficient (Wildman–Crippen LogP) is -0.151. The Bertz CT molecular complexity index is 1520. The summed E-state index contributed by atoms with van der Waals surface area (Å²) in [5.74, 6) is -4.78. The van der Waals surface area contributed by atoms with Gasteiger partial charge in [-0.3, -0.25) is 28.9 Å². The van der Waals surface area contributed by atoms with Crippen molar-refractivity contribution in [3.63, 3.8) is 0 Å². The van der Waals surface area contributed by atoms with Crippen LogP contribution in [0.4, 0.5) is 5.69 Å². The fourth-order valence-electron chi connectivity index (χ4n) is 6.43. The molecule has 10 heteroatoms. The first-order valence-electron chi connectivity index (χ1n) is 12.4. The Hall–Kier alpha value is -4.33. The molecule has 3 aliphatic rings. The number of hydrogen-bond donors (Lipinski definition) is 4. The largest absolute Gasteiger partial charge is 0.507 e. The third-order valence-electron chi connectivity index (χ3n) is 8.20. The normalized spacial score (nSPS) is 29.7. The van der Waals surface area contributed by atoms with Gasteiger partial charge in [0.1, 0.15) is 5.75 Å². The van der Waals surface area contributed by atoms with Gasteiger partial charge in [-0.05, 0) is 74.8 Å². The lowest BCUT2D eigenvalue weighted by Crippen LogP contribution is -2.74. The molecule has 3 aliphatic carbocycles. The maximum Gasteiger partial charge on any atom is 0.235 e. The van der Waals surface area contributed by atoms with Crippen molar-refractivity contribution in [1.82, 2.24) is 4.90 Å². The maximum absolute atomic E-state index is 13.8. The van der Waals surface area contributed by atoms with Crippen LogP contribution >= 0.6 is 0 Å². The van der Waals surface area contributed by atoms with Gasteiger partial charge in [0.15, 0.2) is 34.7 Å². The summed E-state index contributed by atoms with van der Waals surface area (Å²) in [6.07, 6.45) is 0.121. The standard InChI is InChI=1S/C29H27N3O7/c1-32(2)23-18-12-15-11-17-14(6-3-13-4-8-16(30)9-5-13)7-10-19(33)21(17)24(34)20(15)26(36)29(18,39)27(37)22(25(23)35)28(31)38/h4-5,7-10,15,18,20,22-23,33,39H,11-12,30H2,1-2H3,(H2,31,38)/t15-,18-,20?,22?,23-,29-/m0/s1. The molecule has 2 aromatic rings. The fourth-order valence-corrected chi connectivity index (χ4v) is 6.43. The SMILES string of the molecule is CN(C)[C@@H]1C(=O)C(C(N)=O)C(=O)[C@@]2(O)C(=O)C3C(=O)c4c(O)ccc(C#Cc5ccc(N)cc5)c4C[C@H]3C[C@@H]12. The number of benzene rings is 2. The number of phenolic OH excluding ortho intramolecular Hbond substituents is 1. The van der Waals surface area contributed by atoms with Crippen LogP contribution in [0.3, 0.4) is 0 Å². The summed E-state index contributed by atoms with van der Waals surface area (Å²) in [5.41, 5.74) is 10.4. The molecule has 2 aromatic carbocycles. The van der Waals surface area contributed by atoms with Gasteiger partial charge in [-0.15, -0.1) is 0 Å². The number of aromatic hydroxyl groups is 1. The fraction of sp³-hybridized carbons (Fsp3) is 0.345. The van der Waals surface area contributed by atoms with Crippen molar-refractivity contribution in [3.05, 3.63) is 58.7 Å². The van der Waals surface area contributed by atoms with Crippen molar-refractivity contribution in [2.24, 2.45) is 29.4 Å². The lowest BCUT2D eigenvalue weighted by Gasteiger charge is -2.52. The number of Topliss-reactive ketones (excluding diaryl/α,β-unsaturated/α-hetero) is 4. The van der Waals surface area contributed by atoms with Gasteiger partial charge >= 0.3 is 0 Å². The van der Waals surface area contributed by atoms with Crippen LogP contribution in [0, 0.1) is 35.5 Å². The molecule has 2 unspecified atom stereocenters. The zero-order chi connectivity index (χ0) is 28.4. The number of aliphatic hydroxyl groups is 1. The summed E-state index contributed by atoms with van der Waals surface area (Å²) in [6, 6.07) is 8.64. The number of ketones is 4. The minimum absolute atomic E-state index is 0.0234. The van der Waals surface area contributed by atoms with Gasteiger partial charge in [0.05, 0.1) is 17.5 Å². The molecular weight excluding hydrogens is 502 g/mol. The third-order valence-corrected chi connectivity index (χ3v) is 8.20. The van der Waals surface area contributed by atoms with Crippen LogP contribution in [-0.4, -0.2) is 69.9 Å². The first-order chi connectivity index (χ1) is 18.4. The smallest absolute Gasteiger partial charge is 0.235 e. The number of likely N-dealkylation sites (N-methyl/N-ethyl adjacent to an activating group) is 1. The zero-order valence-electron chi connectivity index (χ0n) is 21.3. The van der Waals surface area contributed by atoms with E-state index in [9.17, 15) is 34.2 Å². The number of carbonyl (C=O) groups is 5. The Kier molecular flexibility index (Phi) is 6.17. The van der Waals surface area contributed by atoms with Crippen LogP contribution in [0.15, 0.2) is 36.4 Å². The number of hydrogen-bond acceptors (Lipinski definition) is 9. The summed E-state index contributed by atoms with van der Waals surface area (Å²) in [4.78, 5) is 67.5. The van der Waals surface area contributed by atoms with Crippen LogP contribution in [-0.2, 0) is 25.6 Å². The Morgan fingerprint density at radius 2 is 1.69 bits per heavy atom. The summed E-state index contributed by atoms with van der Waals surface area (Å²) < 4.78 is 0. The first-order valence-corrected chi connectivity index (χ1v) is 12.4. The van der Waals surface area contributed by atoms with E-state index >= 15 is 0 Å². The van der Waals surface area contributed by atoms with E-state index in [2.05, 4.69) is 11.8 Å². The molecule has 1 amide bonds. The van der Waals surface area contributed by atoms with Crippen molar-refractivity contribution in [2.45, 2.75) is 24.5 Å². The van der Waals surface area contributed by atoms with Crippen molar-refractivity contribution in [1.29, 1.82) is 0 Å². The van der Waals surface area contributed by atoms with E-state index in [0.29, 0.717) is 22.4 Å². The number of rotatable bonds is 2. The second-order valence-electron chi connectivity index (χ2n) is 10.6. The van der Waals surface area contributed by atoms with E-state index in [1.54, 1.807) is 30.3 Å². The Labute approximate surface area is 224 Å². The van der Waals surface area contributed by atoms with Gasteiger partial charge in [-0.2, -0.15) is 0 Å². The molecule has 0 spiro atoms. The molecule has 10 nitrogen and oxygen atoms in total. The van der Waals surface area contributed by atoms with Crippen LogP contribution in [0.25, 0.3) is 0 Å². The van der Waals surface area contributed by atoms with E-state index in [-0.39, 0.29) is 24.2 Å². The van der Waals surface area contributed by atoms with Crippen LogP contribution < -0.4 is 11.5 Å². The van der Waals surface area contributed by atoms with Crippen molar-refractivity contribution < 1.29 is 34.2 Å². The third kappa shape index (κ3) is 3.85. The zero-order valence-corrected chi connectivity index (χ0v) is 21.3. The van der Waals surface area contributed by atoms with Crippen LogP contribution in [0.2, 0.25) is 0 Å². The van der Waals surface area contributed by atoms with Gasteiger partial charge < -0.3 is 21.7 Å². The number of primary amides is 1. The number of nitrogens with two attached hydrogens (primary N) is 2. The van der Waals surface area contributed by atoms with E-state index in [0.717, 1.165) is 0 Å². The number of carbonyl (C=O) groups excluding carboxylic acids is 5. The lowest BCUT2D eigenvalue weighted by molar-refractivity contribution is -0.181. The minimum atomic E-state index is -2.75. The monoisotopic (exact) mass is 529 g/mol. The molecule has 0 aromatic heterocycles. The summed E-state index contributed by atoms with van der Waals surface area (Å²) >= 11 is 0. The number of phenols is 1. The molecule has 0 bridgehead atoms. The van der Waals surface area contributed by atoms with Gasteiger partial charge in [-0.25, -0.2) is 0 Å². The summed E-state index contributed by atoms with van der Waals surface area (Å²) in [5, 5.41) is 22.2. The first kappa shape index (κ1) is 26.3. The molecule has 200 valence electrons. The van der Waals surface area contributed by atoms with E-state index < -0.39 is 64.4 Å². The number of nitrogen functional groups attached to an aromatic ring is 1. The molecule has 39 heavy (non-hydrogen) atoms. The van der Waals surface area contributed by atoms with Gasteiger partial charge in [0.2, 0.25) is 5.91 Å². The maximum atomic E-state index is 13.8. The molecule has 0 saturated heterocycles. The van der Waals surface area contributed by atoms with Crippen molar-refractivity contribution >= 4 is 34.7 Å². The molecule has 2 saturated carbocycles. The Morgan fingerprint density at radius 3 is 2.31 bits per heavy atom. The quantitative estimate of drug-likeness (QED) is 0.234.